The Labute approximate surface area is 147 Å². The van der Waals surface area contributed by atoms with Gasteiger partial charge in [-0.2, -0.15) is 4.80 Å². The third-order valence-corrected chi connectivity index (χ3v) is 4.10. The van der Waals surface area contributed by atoms with E-state index in [1.807, 2.05) is 36.4 Å². The van der Waals surface area contributed by atoms with Crippen molar-refractivity contribution in [3.05, 3.63) is 58.0 Å². The minimum atomic E-state index is 0.577. The first-order chi connectivity index (χ1) is 11.2. The summed E-state index contributed by atoms with van der Waals surface area (Å²) in [5.74, 6) is 1.41. The van der Waals surface area contributed by atoms with Crippen LogP contribution in [0.25, 0.3) is 11.4 Å². The molecule has 0 aliphatic carbocycles. The summed E-state index contributed by atoms with van der Waals surface area (Å²) in [5, 5.41) is 13.2. The van der Waals surface area contributed by atoms with Crippen LogP contribution in [0.5, 0.6) is 5.75 Å². The Morgan fingerprint density at radius 3 is 2.65 bits per heavy atom. The molecule has 0 aliphatic rings. The Morgan fingerprint density at radius 1 is 1.09 bits per heavy atom. The molecule has 0 N–H and O–H groups in total. The predicted molar refractivity (Wildman–Crippen MR) is 92.5 cm³/mol. The van der Waals surface area contributed by atoms with E-state index in [1.165, 1.54) is 0 Å². The Hall–Kier alpha value is -1.92. The van der Waals surface area contributed by atoms with Gasteiger partial charge in [-0.05, 0) is 41.6 Å². The van der Waals surface area contributed by atoms with Gasteiger partial charge in [0.15, 0.2) is 0 Å². The fourth-order valence-electron chi connectivity index (χ4n) is 2.02. The van der Waals surface area contributed by atoms with Gasteiger partial charge in [0.05, 0.1) is 13.2 Å². The third kappa shape index (κ3) is 4.30. The van der Waals surface area contributed by atoms with Gasteiger partial charge < -0.3 is 4.74 Å². The van der Waals surface area contributed by atoms with Gasteiger partial charge in [0.1, 0.15) is 5.75 Å². The van der Waals surface area contributed by atoms with Crippen molar-refractivity contribution < 1.29 is 4.74 Å². The number of aromatic nitrogens is 4. The van der Waals surface area contributed by atoms with E-state index in [1.54, 1.807) is 16.9 Å². The van der Waals surface area contributed by atoms with E-state index in [4.69, 9.17) is 16.3 Å². The van der Waals surface area contributed by atoms with Crippen LogP contribution in [-0.4, -0.2) is 26.8 Å². The van der Waals surface area contributed by atoms with Crippen LogP contribution in [0.3, 0.4) is 0 Å². The molecule has 3 rings (SSSR count). The van der Waals surface area contributed by atoms with E-state index in [0.29, 0.717) is 24.0 Å². The van der Waals surface area contributed by atoms with Crippen LogP contribution in [0, 0.1) is 0 Å². The normalized spacial score (nSPS) is 10.7. The maximum atomic E-state index is 5.83. The second-order valence-corrected chi connectivity index (χ2v) is 6.14. The number of tetrazole rings is 1. The smallest absolute Gasteiger partial charge is 0.206 e. The van der Waals surface area contributed by atoms with Gasteiger partial charge in [0, 0.05) is 21.5 Å². The van der Waals surface area contributed by atoms with Crippen LogP contribution in [0.4, 0.5) is 0 Å². The Morgan fingerprint density at radius 2 is 1.87 bits per heavy atom. The molecule has 2 aromatic carbocycles. The standard InChI is InChI=1S/C16H14BrClN4O/c17-15-5-2-1-4-14(15)16-19-21-22(20-16)10-3-11-23-13-8-6-12(18)7-9-13/h1-2,4-9H,3,10-11H2. The molecule has 5 nitrogen and oxygen atoms in total. The van der Waals surface area contributed by atoms with E-state index in [9.17, 15) is 0 Å². The van der Waals surface area contributed by atoms with Crippen molar-refractivity contribution in [1.29, 1.82) is 0 Å². The van der Waals surface area contributed by atoms with Crippen molar-refractivity contribution in [3.63, 3.8) is 0 Å². The topological polar surface area (TPSA) is 52.8 Å². The average molecular weight is 394 g/mol. The lowest BCUT2D eigenvalue weighted by molar-refractivity contribution is 0.293. The number of benzene rings is 2. The van der Waals surface area contributed by atoms with Gasteiger partial charge in [0.2, 0.25) is 5.82 Å². The molecule has 7 heteroatoms. The van der Waals surface area contributed by atoms with Gasteiger partial charge in [-0.15, -0.1) is 10.2 Å². The molecule has 23 heavy (non-hydrogen) atoms. The zero-order chi connectivity index (χ0) is 16.1. The number of nitrogens with zero attached hydrogens (tertiary/aromatic N) is 4. The maximum absolute atomic E-state index is 5.83. The summed E-state index contributed by atoms with van der Waals surface area (Å²) in [7, 11) is 0. The van der Waals surface area contributed by atoms with Crippen LogP contribution >= 0.6 is 27.5 Å². The van der Waals surface area contributed by atoms with Crippen LogP contribution in [0.1, 0.15) is 6.42 Å². The molecule has 0 fully saturated rings. The third-order valence-electron chi connectivity index (χ3n) is 3.15. The molecule has 0 amide bonds. The highest BCUT2D eigenvalue weighted by molar-refractivity contribution is 9.10. The zero-order valence-electron chi connectivity index (χ0n) is 12.2. The van der Waals surface area contributed by atoms with E-state index in [0.717, 1.165) is 22.2 Å². The fraction of sp³-hybridized carbons (Fsp3) is 0.188. The zero-order valence-corrected chi connectivity index (χ0v) is 14.5. The first kappa shape index (κ1) is 16.0. The van der Waals surface area contributed by atoms with Gasteiger partial charge in [-0.1, -0.05) is 39.7 Å². The Bertz CT molecular complexity index is 776. The Balaban J connectivity index is 1.52. The van der Waals surface area contributed by atoms with Crippen molar-refractivity contribution in [3.8, 4) is 17.1 Å². The largest absolute Gasteiger partial charge is 0.494 e. The van der Waals surface area contributed by atoms with Crippen LogP contribution in [0.2, 0.25) is 5.02 Å². The molecule has 0 saturated carbocycles. The summed E-state index contributed by atoms with van der Waals surface area (Å²) >= 11 is 9.32. The number of hydrogen-bond acceptors (Lipinski definition) is 4. The molecule has 0 atom stereocenters. The lowest BCUT2D eigenvalue weighted by Crippen LogP contribution is -2.07. The van der Waals surface area contributed by atoms with Crippen LogP contribution in [0.15, 0.2) is 53.0 Å². The van der Waals surface area contributed by atoms with Gasteiger partial charge >= 0.3 is 0 Å². The lowest BCUT2D eigenvalue weighted by Gasteiger charge is -2.05. The number of halogens is 2. The number of aryl methyl sites for hydroxylation is 1. The van der Waals surface area contributed by atoms with Crippen LogP contribution < -0.4 is 4.74 Å². The van der Waals surface area contributed by atoms with E-state index < -0.39 is 0 Å². The lowest BCUT2D eigenvalue weighted by atomic mass is 10.2. The first-order valence-corrected chi connectivity index (χ1v) is 8.30. The number of rotatable bonds is 6. The first-order valence-electron chi connectivity index (χ1n) is 7.13. The molecule has 0 bridgehead atoms. The highest BCUT2D eigenvalue weighted by Gasteiger charge is 2.08. The van der Waals surface area contributed by atoms with Crippen molar-refractivity contribution in [2.45, 2.75) is 13.0 Å². The molecule has 0 spiro atoms. The second-order valence-electron chi connectivity index (χ2n) is 4.84. The molecule has 0 aliphatic heterocycles. The molecule has 0 saturated heterocycles. The summed E-state index contributed by atoms with van der Waals surface area (Å²) in [6, 6.07) is 15.1. The maximum Gasteiger partial charge on any atom is 0.206 e. The van der Waals surface area contributed by atoms with Gasteiger partial charge in [-0.3, -0.25) is 0 Å². The van der Waals surface area contributed by atoms with Crippen molar-refractivity contribution in [1.82, 2.24) is 20.2 Å². The average Bonchev–Trinajstić information content (AvgIpc) is 3.02. The summed E-state index contributed by atoms with van der Waals surface area (Å²) in [5.41, 5.74) is 0.927. The molecule has 1 aromatic heterocycles. The molecular formula is C16H14BrClN4O. The highest BCUT2D eigenvalue weighted by atomic mass is 79.9. The van der Waals surface area contributed by atoms with E-state index >= 15 is 0 Å². The molecule has 1 heterocycles. The van der Waals surface area contributed by atoms with E-state index in [2.05, 4.69) is 31.3 Å². The minimum absolute atomic E-state index is 0.577. The SMILES string of the molecule is Clc1ccc(OCCCn2nnc(-c3ccccc3Br)n2)cc1. The second kappa shape index (κ2) is 7.57. The number of hydrogen-bond donors (Lipinski definition) is 0. The predicted octanol–water partition coefficient (Wildman–Crippen LogP) is 4.23. The van der Waals surface area contributed by atoms with Crippen LogP contribution in [-0.2, 0) is 6.54 Å². The summed E-state index contributed by atoms with van der Waals surface area (Å²) in [6.07, 6.45) is 0.786. The molecule has 0 radical (unpaired) electrons. The number of ether oxygens (including phenoxy) is 1. The monoisotopic (exact) mass is 392 g/mol. The molecule has 3 aromatic rings. The van der Waals surface area contributed by atoms with Gasteiger partial charge in [-0.25, -0.2) is 0 Å². The van der Waals surface area contributed by atoms with Crippen molar-refractivity contribution >= 4 is 27.5 Å². The van der Waals surface area contributed by atoms with Crippen molar-refractivity contribution in [2.75, 3.05) is 6.61 Å². The highest BCUT2D eigenvalue weighted by Crippen LogP contribution is 2.24. The fourth-order valence-corrected chi connectivity index (χ4v) is 2.60. The van der Waals surface area contributed by atoms with Crippen molar-refractivity contribution in [2.24, 2.45) is 0 Å². The minimum Gasteiger partial charge on any atom is -0.494 e. The summed E-state index contributed by atoms with van der Waals surface area (Å²) in [6.45, 7) is 1.22. The van der Waals surface area contributed by atoms with E-state index in [-0.39, 0.29) is 0 Å². The quantitative estimate of drug-likeness (QED) is 0.588. The van der Waals surface area contributed by atoms with Gasteiger partial charge in [0.25, 0.3) is 0 Å². The molecular weight excluding hydrogens is 380 g/mol. The molecule has 0 unspecified atom stereocenters. The summed E-state index contributed by atoms with van der Waals surface area (Å²) in [4.78, 5) is 1.58. The molecule has 118 valence electrons. The summed E-state index contributed by atoms with van der Waals surface area (Å²) < 4.78 is 6.59. The Kier molecular flexibility index (Phi) is 5.25.